The highest BCUT2D eigenvalue weighted by atomic mass is 16.5. The number of amides is 1. The number of aliphatic hydroxyl groups excluding tert-OH is 1. The molecule has 0 aromatic carbocycles. The summed E-state index contributed by atoms with van der Waals surface area (Å²) < 4.78 is 5.87. The molecule has 58 heavy (non-hydrogen) atoms. The van der Waals surface area contributed by atoms with Gasteiger partial charge >= 0.3 is 5.97 Å². The Hall–Kier alpha value is -1.18. The van der Waals surface area contributed by atoms with E-state index in [0.29, 0.717) is 37.3 Å². The van der Waals surface area contributed by atoms with Crippen LogP contribution in [0.5, 0.6) is 0 Å². The van der Waals surface area contributed by atoms with Crippen LogP contribution < -0.4 is 5.32 Å². The van der Waals surface area contributed by atoms with Crippen LogP contribution in [0.15, 0.2) is 0 Å². The highest BCUT2D eigenvalue weighted by Gasteiger charge is 2.28. The highest BCUT2D eigenvalue weighted by molar-refractivity contribution is 5.75. The Kier molecular flexibility index (Phi) is 38.9. The van der Waals surface area contributed by atoms with E-state index < -0.39 is 0 Å². The van der Waals surface area contributed by atoms with Crippen molar-refractivity contribution in [2.75, 3.05) is 52.5 Å². The van der Waals surface area contributed by atoms with E-state index in [1.165, 1.54) is 167 Å². The third-order valence-electron chi connectivity index (χ3n) is 12.8. The molecule has 0 aliphatic heterocycles. The molecule has 1 saturated carbocycles. The van der Waals surface area contributed by atoms with Gasteiger partial charge in [0.15, 0.2) is 0 Å². The van der Waals surface area contributed by atoms with Crippen LogP contribution >= 0.6 is 0 Å². The minimum absolute atomic E-state index is 0.00762. The summed E-state index contributed by atoms with van der Waals surface area (Å²) in [6, 6.07) is 0.655. The van der Waals surface area contributed by atoms with Crippen molar-refractivity contribution < 1.29 is 19.4 Å². The van der Waals surface area contributed by atoms with Gasteiger partial charge in [0, 0.05) is 45.1 Å². The second-order valence-corrected chi connectivity index (χ2v) is 18.5. The molecular weight excluding hydrogens is 719 g/mol. The van der Waals surface area contributed by atoms with Gasteiger partial charge in [-0.3, -0.25) is 14.5 Å². The number of rotatable bonds is 46. The number of hydrogen-bond donors (Lipinski definition) is 2. The van der Waals surface area contributed by atoms with E-state index in [0.717, 1.165) is 77.8 Å². The topological polar surface area (TPSA) is 82.1 Å². The van der Waals surface area contributed by atoms with Gasteiger partial charge in [0.2, 0.25) is 5.91 Å². The SMILES string of the molecule is CCCCCCCCC(CCCCCC)CNC(=O)CCCCCN(CCCCCC(=O)OCC(CCCCCC)CCCCCCCC)CCN(CCO)C1CC1. The van der Waals surface area contributed by atoms with Crippen LogP contribution in [0.2, 0.25) is 0 Å². The highest BCUT2D eigenvalue weighted by Crippen LogP contribution is 2.26. The maximum Gasteiger partial charge on any atom is 0.305 e. The number of esters is 1. The van der Waals surface area contributed by atoms with Gasteiger partial charge in [-0.25, -0.2) is 0 Å². The summed E-state index contributed by atoms with van der Waals surface area (Å²) in [5.41, 5.74) is 0. The maximum absolute atomic E-state index is 12.9. The summed E-state index contributed by atoms with van der Waals surface area (Å²) in [7, 11) is 0. The first-order valence-electron chi connectivity index (χ1n) is 26.0. The lowest BCUT2D eigenvalue weighted by Crippen LogP contribution is -2.38. The zero-order valence-electron chi connectivity index (χ0n) is 39.5. The van der Waals surface area contributed by atoms with Crippen LogP contribution in [0.25, 0.3) is 0 Å². The Bertz CT molecular complexity index is 841. The van der Waals surface area contributed by atoms with E-state index in [-0.39, 0.29) is 18.5 Å². The number of nitrogens with one attached hydrogen (secondary N) is 1. The van der Waals surface area contributed by atoms with E-state index in [1.54, 1.807) is 0 Å². The lowest BCUT2D eigenvalue weighted by molar-refractivity contribution is -0.145. The van der Waals surface area contributed by atoms with Gasteiger partial charge < -0.3 is 20.1 Å². The maximum atomic E-state index is 12.9. The smallest absolute Gasteiger partial charge is 0.305 e. The monoisotopic (exact) mass is 820 g/mol. The molecule has 0 aromatic heterocycles. The zero-order chi connectivity index (χ0) is 42.2. The van der Waals surface area contributed by atoms with Gasteiger partial charge in [-0.1, -0.05) is 169 Å². The van der Waals surface area contributed by atoms with E-state index in [4.69, 9.17) is 4.74 Å². The molecule has 0 aromatic rings. The lowest BCUT2D eigenvalue weighted by atomic mass is 9.94. The number of ether oxygens (including phenoxy) is 1. The molecular formula is C51H101N3O4. The van der Waals surface area contributed by atoms with Crippen LogP contribution in [0, 0.1) is 11.8 Å². The molecule has 1 amide bonds. The fraction of sp³-hybridized carbons (Fsp3) is 0.961. The van der Waals surface area contributed by atoms with Crippen molar-refractivity contribution in [1.82, 2.24) is 15.1 Å². The van der Waals surface area contributed by atoms with Gasteiger partial charge in [0.1, 0.15) is 0 Å². The minimum Gasteiger partial charge on any atom is -0.465 e. The molecule has 344 valence electrons. The standard InChI is InChI=1S/C51H101N3O4/c1-5-9-13-17-19-25-32-47(31-23-15-11-7-3)45-52-50(56)35-27-21-29-39-53(41-42-54(43-44-55)49-37-38-49)40-30-22-28-36-51(57)58-46-48(33-24-16-12-8-4)34-26-20-18-14-10-6-2/h47-49,55H,5-46H2,1-4H3,(H,52,56). The molecule has 0 bridgehead atoms. The number of aliphatic hydroxyl groups is 1. The average molecular weight is 820 g/mol. The molecule has 1 fully saturated rings. The third kappa shape index (κ3) is 34.5. The van der Waals surface area contributed by atoms with Gasteiger partial charge in [0.05, 0.1) is 13.2 Å². The second-order valence-electron chi connectivity index (χ2n) is 18.5. The van der Waals surface area contributed by atoms with Crippen molar-refractivity contribution in [3.63, 3.8) is 0 Å². The molecule has 7 nitrogen and oxygen atoms in total. The Morgan fingerprint density at radius 2 is 0.983 bits per heavy atom. The summed E-state index contributed by atoms with van der Waals surface area (Å²) in [4.78, 5) is 30.7. The first-order valence-corrected chi connectivity index (χ1v) is 26.0. The van der Waals surface area contributed by atoms with Crippen molar-refractivity contribution in [3.05, 3.63) is 0 Å². The number of carbonyl (C=O) groups is 2. The van der Waals surface area contributed by atoms with Crippen molar-refractivity contribution in [2.45, 2.75) is 252 Å². The van der Waals surface area contributed by atoms with Gasteiger partial charge in [0.25, 0.3) is 0 Å². The Balaban J connectivity index is 2.44. The number of carbonyl (C=O) groups excluding carboxylic acids is 2. The van der Waals surface area contributed by atoms with Crippen LogP contribution in [0.1, 0.15) is 246 Å². The average Bonchev–Trinajstić information content (AvgIpc) is 4.08. The molecule has 0 saturated heterocycles. The molecule has 7 heteroatoms. The van der Waals surface area contributed by atoms with Crippen molar-refractivity contribution in [2.24, 2.45) is 11.8 Å². The molecule has 1 aliphatic carbocycles. The van der Waals surface area contributed by atoms with Crippen molar-refractivity contribution in [1.29, 1.82) is 0 Å². The molecule has 1 rings (SSSR count). The van der Waals surface area contributed by atoms with Crippen molar-refractivity contribution >= 4 is 11.9 Å². The van der Waals surface area contributed by atoms with Gasteiger partial charge in [-0.15, -0.1) is 0 Å². The molecule has 2 N–H and O–H groups in total. The second kappa shape index (κ2) is 41.2. The minimum atomic E-state index is -0.00762. The first-order chi connectivity index (χ1) is 28.5. The summed E-state index contributed by atoms with van der Waals surface area (Å²) >= 11 is 0. The molecule has 1 aliphatic rings. The van der Waals surface area contributed by atoms with E-state index >= 15 is 0 Å². The lowest BCUT2D eigenvalue weighted by Gasteiger charge is -2.27. The van der Waals surface area contributed by atoms with E-state index in [1.807, 2.05) is 0 Å². The Labute approximate surface area is 361 Å². The van der Waals surface area contributed by atoms with Crippen LogP contribution in [0.4, 0.5) is 0 Å². The van der Waals surface area contributed by atoms with Crippen LogP contribution in [0.3, 0.4) is 0 Å². The molecule has 2 atom stereocenters. The molecule has 0 spiro atoms. The largest absolute Gasteiger partial charge is 0.465 e. The normalized spacial score (nSPS) is 14.1. The first kappa shape index (κ1) is 54.8. The summed E-state index contributed by atoms with van der Waals surface area (Å²) in [6.45, 7) is 15.7. The van der Waals surface area contributed by atoms with E-state index in [2.05, 4.69) is 42.8 Å². The number of hydrogen-bond acceptors (Lipinski definition) is 6. The fourth-order valence-corrected chi connectivity index (χ4v) is 8.66. The van der Waals surface area contributed by atoms with Crippen LogP contribution in [-0.2, 0) is 14.3 Å². The molecule has 2 unspecified atom stereocenters. The number of unbranched alkanes of at least 4 members (excludes halogenated alkanes) is 20. The van der Waals surface area contributed by atoms with Crippen molar-refractivity contribution in [3.8, 4) is 0 Å². The fourth-order valence-electron chi connectivity index (χ4n) is 8.66. The predicted octanol–water partition coefficient (Wildman–Crippen LogP) is 13.2. The summed E-state index contributed by atoms with van der Waals surface area (Å²) in [5.74, 6) is 1.38. The Morgan fingerprint density at radius 3 is 1.48 bits per heavy atom. The summed E-state index contributed by atoms with van der Waals surface area (Å²) in [6.07, 6.45) is 41.1. The third-order valence-corrected chi connectivity index (χ3v) is 12.8. The van der Waals surface area contributed by atoms with Crippen LogP contribution in [-0.4, -0.2) is 85.3 Å². The van der Waals surface area contributed by atoms with Gasteiger partial charge in [-0.2, -0.15) is 0 Å². The number of nitrogens with zero attached hydrogens (tertiary/aromatic N) is 2. The van der Waals surface area contributed by atoms with Gasteiger partial charge in [-0.05, 0) is 89.1 Å². The summed E-state index contributed by atoms with van der Waals surface area (Å²) in [5, 5.41) is 13.0. The van der Waals surface area contributed by atoms with E-state index in [9.17, 15) is 14.7 Å². The Morgan fingerprint density at radius 1 is 0.534 bits per heavy atom. The predicted molar refractivity (Wildman–Crippen MR) is 250 cm³/mol. The zero-order valence-corrected chi connectivity index (χ0v) is 39.5. The molecule has 0 radical (unpaired) electrons. The quantitative estimate of drug-likeness (QED) is 0.0470. The molecule has 0 heterocycles.